The fourth-order valence-electron chi connectivity index (χ4n) is 16.2. The molecule has 0 radical (unpaired) electrons. The van der Waals surface area contributed by atoms with Crippen molar-refractivity contribution < 1.29 is 14.3 Å². The molecule has 4 aliphatic carbocycles. The van der Waals surface area contributed by atoms with Gasteiger partial charge in [0.2, 0.25) is 5.91 Å². The Hall–Kier alpha value is -1.36. The van der Waals surface area contributed by atoms with Crippen molar-refractivity contribution in [3.05, 3.63) is 11.6 Å². The molecule has 0 saturated heterocycles. The van der Waals surface area contributed by atoms with Crippen LogP contribution in [0.2, 0.25) is 0 Å². The van der Waals surface area contributed by atoms with Gasteiger partial charge in [0.15, 0.2) is 0 Å². The summed E-state index contributed by atoms with van der Waals surface area (Å²) >= 11 is 0. The van der Waals surface area contributed by atoms with E-state index in [1.165, 1.54) is 225 Å². The standard InChI is InChI=1S/C70H130N2O3/c1-10-12-14-16-18-20-22-24-26-28-30-32-35-43-61(44-36-33-31-29-27-25-23-21-19-17-15-13-11-2)72(67(73)45-40-55-71(8)9)56-38-34-37-46-68(74)75-62-51-53-69(6)60(57-62)47-48-63-65-50-49-64(59(5)42-39-41-58(3)4)70(65,7)54-52-66(63)69/h47,58-59,61-66H,10-46,48-57H2,1-9H3. The van der Waals surface area contributed by atoms with Gasteiger partial charge in [-0.3, -0.25) is 9.59 Å². The van der Waals surface area contributed by atoms with Crippen LogP contribution in [-0.2, 0) is 14.3 Å². The van der Waals surface area contributed by atoms with Crippen molar-refractivity contribution in [3.63, 3.8) is 0 Å². The minimum Gasteiger partial charge on any atom is -0.462 e. The molecule has 0 aromatic heterocycles. The largest absolute Gasteiger partial charge is 0.462 e. The number of fused-ring (bicyclic) bond motifs is 5. The lowest BCUT2D eigenvalue weighted by atomic mass is 9.47. The Morgan fingerprint density at radius 3 is 1.63 bits per heavy atom. The van der Waals surface area contributed by atoms with Gasteiger partial charge in [-0.25, -0.2) is 0 Å². The summed E-state index contributed by atoms with van der Waals surface area (Å²) in [5.41, 5.74) is 2.42. The van der Waals surface area contributed by atoms with E-state index < -0.39 is 0 Å². The van der Waals surface area contributed by atoms with Crippen LogP contribution in [0.15, 0.2) is 11.6 Å². The van der Waals surface area contributed by atoms with Crippen molar-refractivity contribution >= 4 is 11.9 Å². The number of hydrogen-bond acceptors (Lipinski definition) is 4. The summed E-state index contributed by atoms with van der Waals surface area (Å²) in [4.78, 5) is 32.3. The molecule has 4 rings (SSSR count). The van der Waals surface area contributed by atoms with Crippen molar-refractivity contribution in [2.24, 2.45) is 46.3 Å². The Bertz CT molecular complexity index is 1480. The van der Waals surface area contributed by atoms with Crippen molar-refractivity contribution in [2.45, 2.75) is 350 Å². The highest BCUT2D eigenvalue weighted by atomic mass is 16.5. The number of hydrogen-bond donors (Lipinski definition) is 0. The topological polar surface area (TPSA) is 49.9 Å². The molecule has 1 amide bonds. The zero-order valence-electron chi connectivity index (χ0n) is 52.0. The second-order valence-corrected chi connectivity index (χ2v) is 27.7. The van der Waals surface area contributed by atoms with Crippen molar-refractivity contribution in [2.75, 3.05) is 27.2 Å². The molecule has 8 atom stereocenters. The highest BCUT2D eigenvalue weighted by molar-refractivity contribution is 5.76. The molecule has 8 unspecified atom stereocenters. The van der Waals surface area contributed by atoms with Gasteiger partial charge in [0.25, 0.3) is 0 Å². The molecule has 5 nitrogen and oxygen atoms in total. The number of carbonyl (C=O) groups excluding carboxylic acids is 2. The summed E-state index contributed by atoms with van der Waals surface area (Å²) in [5.74, 6) is 5.46. The molecule has 5 heteroatoms. The third kappa shape index (κ3) is 24.1. The van der Waals surface area contributed by atoms with Crippen molar-refractivity contribution in [1.82, 2.24) is 9.80 Å². The Labute approximate surface area is 468 Å². The molecule has 3 saturated carbocycles. The molecule has 438 valence electrons. The highest BCUT2D eigenvalue weighted by Crippen LogP contribution is 2.67. The maximum atomic E-state index is 14.2. The molecule has 0 aromatic rings. The quantitative estimate of drug-likeness (QED) is 0.0346. The number of amides is 1. The number of allylic oxidation sites excluding steroid dienone is 1. The van der Waals surface area contributed by atoms with E-state index in [1.807, 2.05) is 0 Å². The molecule has 0 aromatic carbocycles. The third-order valence-corrected chi connectivity index (χ3v) is 20.9. The van der Waals surface area contributed by atoms with Gasteiger partial charge in [0.1, 0.15) is 6.10 Å². The molecular weight excluding hydrogens is 917 g/mol. The van der Waals surface area contributed by atoms with Crippen molar-refractivity contribution in [1.29, 1.82) is 0 Å². The van der Waals surface area contributed by atoms with Gasteiger partial charge < -0.3 is 14.5 Å². The van der Waals surface area contributed by atoms with Crippen LogP contribution in [0.4, 0.5) is 0 Å². The molecule has 3 fully saturated rings. The lowest BCUT2D eigenvalue weighted by molar-refractivity contribution is -0.151. The first-order valence-electron chi connectivity index (χ1n) is 34.2. The van der Waals surface area contributed by atoms with Gasteiger partial charge >= 0.3 is 5.97 Å². The van der Waals surface area contributed by atoms with E-state index in [9.17, 15) is 9.59 Å². The minimum atomic E-state index is 0.00476. The van der Waals surface area contributed by atoms with Gasteiger partial charge in [0.05, 0.1) is 0 Å². The van der Waals surface area contributed by atoms with E-state index in [2.05, 4.69) is 78.4 Å². The average Bonchev–Trinajstić information content (AvgIpc) is 3.74. The summed E-state index contributed by atoms with van der Waals surface area (Å²) in [6.45, 7) is 19.1. The number of unbranched alkanes of at least 4 members (excludes halogenated alkanes) is 26. The summed E-state index contributed by atoms with van der Waals surface area (Å²) in [6, 6.07) is 0.352. The van der Waals surface area contributed by atoms with Gasteiger partial charge in [-0.2, -0.15) is 0 Å². The molecule has 0 N–H and O–H groups in total. The maximum Gasteiger partial charge on any atom is 0.306 e. The predicted molar refractivity (Wildman–Crippen MR) is 325 cm³/mol. The van der Waals surface area contributed by atoms with Crippen LogP contribution in [0.25, 0.3) is 0 Å². The minimum absolute atomic E-state index is 0.00476. The second kappa shape index (κ2) is 38.3. The molecule has 75 heavy (non-hydrogen) atoms. The fourth-order valence-corrected chi connectivity index (χ4v) is 16.2. The SMILES string of the molecule is CCCCCCCCCCCCCCCC(CCCCCCCCCCCCCCC)N(CCCCCC(=O)OC1CCC2(C)C(=CCC3C2CCC2(C)C(C(C)CCCC(C)C)CCC32)C1)C(=O)CCCN(C)C. The summed E-state index contributed by atoms with van der Waals surface area (Å²) < 4.78 is 6.34. The maximum absolute atomic E-state index is 14.2. The monoisotopic (exact) mass is 1050 g/mol. The number of ether oxygens (including phenoxy) is 1. The van der Waals surface area contributed by atoms with E-state index >= 15 is 0 Å². The normalized spacial score (nSPS) is 24.9. The number of esters is 1. The Balaban J connectivity index is 1.23. The van der Waals surface area contributed by atoms with Gasteiger partial charge in [-0.15, -0.1) is 0 Å². The third-order valence-electron chi connectivity index (χ3n) is 20.9. The van der Waals surface area contributed by atoms with Crippen molar-refractivity contribution in [3.8, 4) is 0 Å². The zero-order chi connectivity index (χ0) is 54.2. The number of carbonyl (C=O) groups is 2. The van der Waals surface area contributed by atoms with E-state index in [-0.39, 0.29) is 17.5 Å². The van der Waals surface area contributed by atoms with Crippen LogP contribution in [0.3, 0.4) is 0 Å². The second-order valence-electron chi connectivity index (χ2n) is 27.7. The van der Waals surface area contributed by atoms with E-state index in [0.29, 0.717) is 30.2 Å². The molecule has 0 spiro atoms. The molecular formula is C70H130N2O3. The van der Waals surface area contributed by atoms with Gasteiger partial charge in [-0.05, 0) is 144 Å². The van der Waals surface area contributed by atoms with Crippen LogP contribution in [0, 0.1) is 46.3 Å². The molecule has 4 aliphatic rings. The summed E-state index contributed by atoms with van der Waals surface area (Å²) in [7, 11) is 4.25. The average molecular weight is 1050 g/mol. The highest BCUT2D eigenvalue weighted by Gasteiger charge is 2.59. The first-order chi connectivity index (χ1) is 36.3. The fraction of sp³-hybridized carbons (Fsp3) is 0.943. The van der Waals surface area contributed by atoms with Crippen LogP contribution < -0.4 is 0 Å². The van der Waals surface area contributed by atoms with Crippen LogP contribution in [0.5, 0.6) is 0 Å². The molecule has 0 bridgehead atoms. The van der Waals surface area contributed by atoms with Crippen LogP contribution >= 0.6 is 0 Å². The Morgan fingerprint density at radius 1 is 0.560 bits per heavy atom. The Morgan fingerprint density at radius 2 is 1.09 bits per heavy atom. The summed E-state index contributed by atoms with van der Waals surface area (Å²) in [5, 5.41) is 0. The number of nitrogens with zero attached hydrogens (tertiary/aromatic N) is 2. The lowest BCUT2D eigenvalue weighted by Crippen LogP contribution is -2.51. The first-order valence-corrected chi connectivity index (χ1v) is 34.2. The molecule has 0 aliphatic heterocycles. The molecule has 0 heterocycles. The smallest absolute Gasteiger partial charge is 0.306 e. The number of rotatable bonds is 45. The van der Waals surface area contributed by atoms with E-state index in [4.69, 9.17) is 4.74 Å². The summed E-state index contributed by atoms with van der Waals surface area (Å²) in [6.07, 6.45) is 60.0. The van der Waals surface area contributed by atoms with Gasteiger partial charge in [0, 0.05) is 31.8 Å². The Kier molecular flexibility index (Phi) is 33.8. The van der Waals surface area contributed by atoms with Crippen LogP contribution in [0.1, 0.15) is 337 Å². The lowest BCUT2D eigenvalue weighted by Gasteiger charge is -2.58. The van der Waals surface area contributed by atoms with Crippen LogP contribution in [-0.4, -0.2) is 61.0 Å². The zero-order valence-corrected chi connectivity index (χ0v) is 52.0. The van der Waals surface area contributed by atoms with E-state index in [0.717, 1.165) is 100.0 Å². The van der Waals surface area contributed by atoms with Gasteiger partial charge in [-0.1, -0.05) is 253 Å². The van der Waals surface area contributed by atoms with E-state index in [1.54, 1.807) is 5.57 Å². The first kappa shape index (κ1) is 66.2. The predicted octanol–water partition coefficient (Wildman–Crippen LogP) is 21.0.